The van der Waals surface area contributed by atoms with E-state index in [-0.39, 0.29) is 0 Å². The second-order valence-electron chi connectivity index (χ2n) is 6.59. The summed E-state index contributed by atoms with van der Waals surface area (Å²) in [7, 11) is 0. The first-order chi connectivity index (χ1) is 13.0. The van der Waals surface area contributed by atoms with Gasteiger partial charge in [0.2, 0.25) is 0 Å². The number of carbonyl (C=O) groups is 1. The van der Waals surface area contributed by atoms with Crippen LogP contribution in [-0.4, -0.2) is 27.6 Å². The summed E-state index contributed by atoms with van der Waals surface area (Å²) < 4.78 is 2.07. The first kappa shape index (κ1) is 17.0. The Labute approximate surface area is 171 Å². The number of thiazole rings is 1. The number of carboxylic acids is 1. The molecule has 5 nitrogen and oxygen atoms in total. The minimum Gasteiger partial charge on any atom is -0.481 e. The summed E-state index contributed by atoms with van der Waals surface area (Å²) in [6, 6.07) is 11.5. The summed E-state index contributed by atoms with van der Waals surface area (Å²) in [6.07, 6.45) is 0. The topological polar surface area (TPSA) is 69.2 Å². The zero-order chi connectivity index (χ0) is 18.7. The number of hydrogen-bond donors (Lipinski definition) is 2. The van der Waals surface area contributed by atoms with E-state index >= 15 is 0 Å². The molecule has 0 aliphatic carbocycles. The molecule has 1 atom stereocenters. The van der Waals surface area contributed by atoms with Crippen LogP contribution in [0.1, 0.15) is 17.2 Å². The van der Waals surface area contributed by atoms with Crippen LogP contribution < -0.4 is 4.90 Å². The number of aromatic nitrogens is 2. The molecule has 8 heteroatoms. The van der Waals surface area contributed by atoms with Crippen molar-refractivity contribution in [3.8, 4) is 0 Å². The summed E-state index contributed by atoms with van der Waals surface area (Å²) in [6.45, 7) is 0.967. The van der Waals surface area contributed by atoms with Crippen LogP contribution >= 0.6 is 38.9 Å². The molecule has 0 radical (unpaired) electrons. The number of aliphatic carboxylic acids is 1. The molecule has 5 rings (SSSR count). The average molecular weight is 463 g/mol. The molecule has 3 heterocycles. The number of halogens is 2. The number of nitrogens with zero attached hydrogens (tertiary/aromatic N) is 2. The van der Waals surface area contributed by atoms with Crippen molar-refractivity contribution >= 4 is 71.1 Å². The van der Waals surface area contributed by atoms with Gasteiger partial charge in [0.05, 0.1) is 16.8 Å². The summed E-state index contributed by atoms with van der Waals surface area (Å²) in [5, 5.41) is 12.2. The molecule has 0 bridgehead atoms. The van der Waals surface area contributed by atoms with E-state index in [9.17, 15) is 9.90 Å². The third kappa shape index (κ3) is 2.81. The normalized spacial score (nSPS) is 16.8. The van der Waals surface area contributed by atoms with Crippen LogP contribution in [0.25, 0.3) is 21.1 Å². The summed E-state index contributed by atoms with van der Waals surface area (Å²) >= 11 is 11.2. The van der Waals surface area contributed by atoms with Crippen molar-refractivity contribution in [3.63, 3.8) is 0 Å². The molecule has 136 valence electrons. The molecule has 2 N–H and O–H groups in total. The standard InChI is InChI=1S/C19H13BrClN3O2S/c20-9-1-3-14-16(5-9)27-19(23-14)24-7-12(18(25)26)17-11-6-10(21)2-4-13(11)22-15(17)8-24/h1-6,12,22H,7-8H2,(H,25,26). The Hall–Kier alpha value is -2.09. The van der Waals surface area contributed by atoms with E-state index in [1.807, 2.05) is 41.3 Å². The number of rotatable bonds is 2. The van der Waals surface area contributed by atoms with Crippen molar-refractivity contribution in [1.82, 2.24) is 9.97 Å². The highest BCUT2D eigenvalue weighted by Crippen LogP contribution is 2.39. The van der Waals surface area contributed by atoms with Crippen molar-refractivity contribution in [2.24, 2.45) is 0 Å². The van der Waals surface area contributed by atoms with Crippen LogP contribution in [0.5, 0.6) is 0 Å². The van der Waals surface area contributed by atoms with E-state index in [1.54, 1.807) is 11.3 Å². The highest BCUT2D eigenvalue weighted by molar-refractivity contribution is 9.10. The molecule has 1 unspecified atom stereocenters. The first-order valence-corrected chi connectivity index (χ1v) is 10.3. The van der Waals surface area contributed by atoms with Gasteiger partial charge in [-0.25, -0.2) is 4.98 Å². The number of hydrogen-bond acceptors (Lipinski definition) is 4. The lowest BCUT2D eigenvalue weighted by molar-refractivity contribution is -0.138. The maximum Gasteiger partial charge on any atom is 0.312 e. The Morgan fingerprint density at radius 1 is 1.33 bits per heavy atom. The number of benzene rings is 2. The van der Waals surface area contributed by atoms with E-state index in [4.69, 9.17) is 16.6 Å². The lowest BCUT2D eigenvalue weighted by Crippen LogP contribution is -2.36. The van der Waals surface area contributed by atoms with Gasteiger partial charge in [0.15, 0.2) is 5.13 Å². The smallest absolute Gasteiger partial charge is 0.312 e. The second kappa shape index (κ2) is 6.22. The van der Waals surface area contributed by atoms with Gasteiger partial charge in [0.25, 0.3) is 0 Å². The minimum atomic E-state index is -0.842. The number of anilines is 1. The van der Waals surface area contributed by atoms with Gasteiger partial charge in [-0.15, -0.1) is 0 Å². The Bertz CT molecular complexity index is 1220. The number of fused-ring (bicyclic) bond motifs is 4. The van der Waals surface area contributed by atoms with Crippen LogP contribution in [0.2, 0.25) is 5.02 Å². The maximum atomic E-state index is 12.0. The van der Waals surface area contributed by atoms with Crippen molar-refractivity contribution in [2.75, 3.05) is 11.4 Å². The Balaban J connectivity index is 1.63. The Kier molecular flexibility index (Phi) is 3.93. The van der Waals surface area contributed by atoms with Crippen LogP contribution in [0.4, 0.5) is 5.13 Å². The second-order valence-corrected chi connectivity index (χ2v) is 8.95. The maximum absolute atomic E-state index is 12.0. The fourth-order valence-electron chi connectivity index (χ4n) is 3.70. The van der Waals surface area contributed by atoms with E-state index in [1.165, 1.54) is 0 Å². The third-order valence-corrected chi connectivity index (χ3v) is 6.70. The molecule has 4 aromatic rings. The van der Waals surface area contributed by atoms with E-state index in [2.05, 4.69) is 20.9 Å². The van der Waals surface area contributed by atoms with Crippen LogP contribution in [0.3, 0.4) is 0 Å². The van der Waals surface area contributed by atoms with Gasteiger partial charge in [-0.3, -0.25) is 4.79 Å². The molecule has 1 aliphatic heterocycles. The summed E-state index contributed by atoms with van der Waals surface area (Å²) in [5.74, 6) is -1.48. The highest BCUT2D eigenvalue weighted by Gasteiger charge is 2.34. The predicted octanol–water partition coefficient (Wildman–Crippen LogP) is 5.38. The van der Waals surface area contributed by atoms with Crippen molar-refractivity contribution < 1.29 is 9.90 Å². The van der Waals surface area contributed by atoms with Gasteiger partial charge >= 0.3 is 5.97 Å². The SMILES string of the molecule is O=C(O)C1CN(c2nc3ccc(Br)cc3s2)Cc2[nH]c3ccc(Cl)cc3c21. The van der Waals surface area contributed by atoms with E-state index < -0.39 is 11.9 Å². The molecule has 2 aromatic carbocycles. The lowest BCUT2D eigenvalue weighted by Gasteiger charge is -2.30. The summed E-state index contributed by atoms with van der Waals surface area (Å²) in [5.41, 5.74) is 3.57. The lowest BCUT2D eigenvalue weighted by atomic mass is 9.92. The van der Waals surface area contributed by atoms with Crippen molar-refractivity contribution in [3.05, 3.63) is 57.2 Å². The molecule has 0 saturated heterocycles. The molecule has 2 aromatic heterocycles. The van der Waals surface area contributed by atoms with Gasteiger partial charge in [-0.05, 0) is 42.0 Å². The first-order valence-electron chi connectivity index (χ1n) is 8.33. The van der Waals surface area contributed by atoms with Gasteiger partial charge in [0.1, 0.15) is 5.92 Å². The molecular weight excluding hydrogens is 450 g/mol. The molecule has 0 amide bonds. The molecular formula is C19H13BrClN3O2S. The van der Waals surface area contributed by atoms with E-state index in [0.717, 1.165) is 42.0 Å². The fraction of sp³-hybridized carbons (Fsp3) is 0.158. The number of aromatic amines is 1. The van der Waals surface area contributed by atoms with Crippen molar-refractivity contribution in [2.45, 2.75) is 12.5 Å². The number of H-pyrrole nitrogens is 1. The third-order valence-electron chi connectivity index (χ3n) is 4.89. The van der Waals surface area contributed by atoms with Gasteiger partial charge in [-0.1, -0.05) is 38.9 Å². The zero-order valence-electron chi connectivity index (χ0n) is 13.9. The molecule has 1 aliphatic rings. The number of carboxylic acid groups (broad SMARTS) is 1. The largest absolute Gasteiger partial charge is 0.481 e. The van der Waals surface area contributed by atoms with Crippen LogP contribution in [-0.2, 0) is 11.3 Å². The van der Waals surface area contributed by atoms with Crippen molar-refractivity contribution in [1.29, 1.82) is 0 Å². The monoisotopic (exact) mass is 461 g/mol. The number of nitrogens with one attached hydrogen (secondary N) is 1. The van der Waals surface area contributed by atoms with Gasteiger partial charge < -0.3 is 15.0 Å². The fourth-order valence-corrected chi connectivity index (χ4v) is 5.40. The van der Waals surface area contributed by atoms with Crippen LogP contribution in [0, 0.1) is 0 Å². The van der Waals surface area contributed by atoms with Crippen LogP contribution in [0.15, 0.2) is 40.9 Å². The molecule has 0 saturated carbocycles. The Morgan fingerprint density at radius 3 is 3.00 bits per heavy atom. The molecule has 0 fully saturated rings. The van der Waals surface area contributed by atoms with E-state index in [0.29, 0.717) is 18.1 Å². The average Bonchev–Trinajstić information content (AvgIpc) is 3.21. The van der Waals surface area contributed by atoms with Gasteiger partial charge in [-0.2, -0.15) is 0 Å². The minimum absolute atomic E-state index is 0.378. The highest BCUT2D eigenvalue weighted by atomic mass is 79.9. The Morgan fingerprint density at radius 2 is 2.19 bits per heavy atom. The molecule has 0 spiro atoms. The zero-order valence-corrected chi connectivity index (χ0v) is 17.0. The summed E-state index contributed by atoms with van der Waals surface area (Å²) in [4.78, 5) is 22.2. The van der Waals surface area contributed by atoms with Gasteiger partial charge in [0, 0.05) is 32.6 Å². The predicted molar refractivity (Wildman–Crippen MR) is 112 cm³/mol. The quantitative estimate of drug-likeness (QED) is 0.419. The molecule has 27 heavy (non-hydrogen) atoms.